The molecule has 2 aromatic rings. The van der Waals surface area contributed by atoms with E-state index >= 15 is 0 Å². The monoisotopic (exact) mass is 258 g/mol. The van der Waals surface area contributed by atoms with Gasteiger partial charge in [0.1, 0.15) is 10.9 Å². The molecule has 90 valence electrons. The maximum atomic E-state index is 11.9. The van der Waals surface area contributed by atoms with Crippen LogP contribution in [0.4, 0.5) is 5.69 Å². The SMILES string of the molecule is N#Cc1ccsc1C(=O)Nc1cccc(CO)c1. The molecule has 0 saturated heterocycles. The molecule has 18 heavy (non-hydrogen) atoms. The van der Waals surface area contributed by atoms with Crippen LogP contribution in [0.5, 0.6) is 0 Å². The summed E-state index contributed by atoms with van der Waals surface area (Å²) in [7, 11) is 0. The topological polar surface area (TPSA) is 73.1 Å². The van der Waals surface area contributed by atoms with Crippen molar-refractivity contribution in [3.63, 3.8) is 0 Å². The van der Waals surface area contributed by atoms with E-state index in [2.05, 4.69) is 5.32 Å². The fourth-order valence-corrected chi connectivity index (χ4v) is 2.25. The molecule has 0 atom stereocenters. The van der Waals surface area contributed by atoms with Crippen molar-refractivity contribution >= 4 is 22.9 Å². The third-order valence-electron chi connectivity index (χ3n) is 2.36. The van der Waals surface area contributed by atoms with Crippen molar-refractivity contribution in [2.75, 3.05) is 5.32 Å². The maximum Gasteiger partial charge on any atom is 0.267 e. The van der Waals surface area contributed by atoms with E-state index in [0.29, 0.717) is 16.1 Å². The van der Waals surface area contributed by atoms with Gasteiger partial charge in [-0.2, -0.15) is 5.26 Å². The van der Waals surface area contributed by atoms with Crippen molar-refractivity contribution in [2.45, 2.75) is 6.61 Å². The van der Waals surface area contributed by atoms with Crippen LogP contribution in [0.2, 0.25) is 0 Å². The van der Waals surface area contributed by atoms with E-state index in [-0.39, 0.29) is 12.5 Å². The van der Waals surface area contributed by atoms with Crippen molar-refractivity contribution in [3.05, 3.63) is 51.7 Å². The highest BCUT2D eigenvalue weighted by molar-refractivity contribution is 7.12. The highest BCUT2D eigenvalue weighted by atomic mass is 32.1. The van der Waals surface area contributed by atoms with Crippen molar-refractivity contribution in [2.24, 2.45) is 0 Å². The highest BCUT2D eigenvalue weighted by Crippen LogP contribution is 2.18. The third-order valence-corrected chi connectivity index (χ3v) is 3.27. The molecule has 2 N–H and O–H groups in total. The van der Waals surface area contributed by atoms with Crippen LogP contribution in [0.15, 0.2) is 35.7 Å². The van der Waals surface area contributed by atoms with Gasteiger partial charge in [0.2, 0.25) is 0 Å². The Morgan fingerprint density at radius 3 is 3.00 bits per heavy atom. The second kappa shape index (κ2) is 5.45. The molecule has 0 unspecified atom stereocenters. The number of nitrogens with one attached hydrogen (secondary N) is 1. The Hall–Kier alpha value is -2.16. The largest absolute Gasteiger partial charge is 0.392 e. The number of aliphatic hydroxyl groups is 1. The van der Waals surface area contributed by atoms with Crippen molar-refractivity contribution in [1.29, 1.82) is 5.26 Å². The van der Waals surface area contributed by atoms with Crippen LogP contribution in [0.3, 0.4) is 0 Å². The second-order valence-electron chi connectivity index (χ2n) is 3.59. The molecule has 0 radical (unpaired) electrons. The Morgan fingerprint density at radius 2 is 2.28 bits per heavy atom. The van der Waals surface area contributed by atoms with Gasteiger partial charge in [-0.25, -0.2) is 0 Å². The molecular formula is C13H10N2O2S. The third kappa shape index (κ3) is 2.56. The van der Waals surface area contributed by atoms with Gasteiger partial charge < -0.3 is 10.4 Å². The molecule has 0 saturated carbocycles. The maximum absolute atomic E-state index is 11.9. The molecule has 0 spiro atoms. The van der Waals surface area contributed by atoms with Gasteiger partial charge in [0.15, 0.2) is 0 Å². The molecule has 5 heteroatoms. The van der Waals surface area contributed by atoms with Gasteiger partial charge >= 0.3 is 0 Å². The Morgan fingerprint density at radius 1 is 1.44 bits per heavy atom. The number of benzene rings is 1. The van der Waals surface area contributed by atoms with E-state index in [1.807, 2.05) is 6.07 Å². The zero-order chi connectivity index (χ0) is 13.0. The summed E-state index contributed by atoms with van der Waals surface area (Å²) in [6.45, 7) is -0.0772. The lowest BCUT2D eigenvalue weighted by Crippen LogP contribution is -2.11. The number of anilines is 1. The number of nitrogens with zero attached hydrogens (tertiary/aromatic N) is 1. The van der Waals surface area contributed by atoms with E-state index in [9.17, 15) is 4.79 Å². The minimum Gasteiger partial charge on any atom is -0.392 e. The zero-order valence-electron chi connectivity index (χ0n) is 9.38. The van der Waals surface area contributed by atoms with Gasteiger partial charge in [-0.15, -0.1) is 11.3 Å². The van der Waals surface area contributed by atoms with E-state index < -0.39 is 0 Å². The number of nitriles is 1. The molecule has 1 heterocycles. The van der Waals surface area contributed by atoms with E-state index in [1.165, 1.54) is 11.3 Å². The summed E-state index contributed by atoms with van der Waals surface area (Å²) in [4.78, 5) is 12.3. The van der Waals surface area contributed by atoms with Crippen LogP contribution < -0.4 is 5.32 Å². The Balaban J connectivity index is 2.19. The first-order chi connectivity index (χ1) is 8.74. The number of hydrogen-bond donors (Lipinski definition) is 2. The lowest BCUT2D eigenvalue weighted by atomic mass is 10.2. The van der Waals surface area contributed by atoms with Gasteiger partial charge in [-0.3, -0.25) is 4.79 Å². The molecule has 1 aromatic carbocycles. The smallest absolute Gasteiger partial charge is 0.267 e. The number of rotatable bonds is 3. The normalized spacial score (nSPS) is 9.78. The molecule has 0 aliphatic carbocycles. The molecule has 0 aliphatic rings. The fourth-order valence-electron chi connectivity index (χ4n) is 1.51. The Kier molecular flexibility index (Phi) is 3.72. The molecule has 1 amide bonds. The van der Waals surface area contributed by atoms with E-state index in [1.54, 1.807) is 35.7 Å². The average Bonchev–Trinajstić information content (AvgIpc) is 2.87. The van der Waals surface area contributed by atoms with Gasteiger partial charge in [0.25, 0.3) is 5.91 Å². The van der Waals surface area contributed by atoms with Gasteiger partial charge in [0, 0.05) is 5.69 Å². The summed E-state index contributed by atoms with van der Waals surface area (Å²) in [5, 5.41) is 22.3. The quantitative estimate of drug-likeness (QED) is 0.887. The zero-order valence-corrected chi connectivity index (χ0v) is 10.2. The average molecular weight is 258 g/mol. The molecule has 0 aliphatic heterocycles. The number of carbonyl (C=O) groups is 1. The van der Waals surface area contributed by atoms with Gasteiger partial charge in [0.05, 0.1) is 12.2 Å². The minimum atomic E-state index is -0.309. The van der Waals surface area contributed by atoms with Crippen LogP contribution in [0.1, 0.15) is 20.8 Å². The summed E-state index contributed by atoms with van der Waals surface area (Å²) in [6, 6.07) is 10.5. The van der Waals surface area contributed by atoms with E-state index in [0.717, 1.165) is 5.56 Å². The predicted octanol–water partition coefficient (Wildman–Crippen LogP) is 2.36. The lowest BCUT2D eigenvalue weighted by Gasteiger charge is -2.05. The number of hydrogen-bond acceptors (Lipinski definition) is 4. The molecule has 0 bridgehead atoms. The van der Waals surface area contributed by atoms with Crippen LogP contribution in [0.25, 0.3) is 0 Å². The fraction of sp³-hybridized carbons (Fsp3) is 0.0769. The van der Waals surface area contributed by atoms with Crippen molar-refractivity contribution in [3.8, 4) is 6.07 Å². The van der Waals surface area contributed by atoms with Crippen LogP contribution in [0, 0.1) is 11.3 Å². The van der Waals surface area contributed by atoms with Crippen LogP contribution in [-0.2, 0) is 6.61 Å². The summed E-state index contributed by atoms with van der Waals surface area (Å²) in [5.74, 6) is -0.309. The molecule has 2 rings (SSSR count). The Labute approximate surface area is 108 Å². The van der Waals surface area contributed by atoms with Gasteiger partial charge in [-0.05, 0) is 29.1 Å². The first-order valence-corrected chi connectivity index (χ1v) is 6.11. The lowest BCUT2D eigenvalue weighted by molar-refractivity contribution is 0.103. The van der Waals surface area contributed by atoms with Gasteiger partial charge in [-0.1, -0.05) is 12.1 Å². The van der Waals surface area contributed by atoms with E-state index in [4.69, 9.17) is 10.4 Å². The number of carbonyl (C=O) groups excluding carboxylic acids is 1. The predicted molar refractivity (Wildman–Crippen MR) is 69.4 cm³/mol. The standard InChI is InChI=1S/C13H10N2O2S/c14-7-10-4-5-18-12(10)13(17)15-11-3-1-2-9(6-11)8-16/h1-6,16H,8H2,(H,15,17). The summed E-state index contributed by atoms with van der Waals surface area (Å²) < 4.78 is 0. The Bertz CT molecular complexity index is 613. The molecular weight excluding hydrogens is 248 g/mol. The second-order valence-corrected chi connectivity index (χ2v) is 4.50. The van der Waals surface area contributed by atoms with Crippen LogP contribution >= 0.6 is 11.3 Å². The minimum absolute atomic E-state index is 0.0772. The first kappa shape index (κ1) is 12.3. The number of thiophene rings is 1. The molecule has 1 aromatic heterocycles. The summed E-state index contributed by atoms with van der Waals surface area (Å²) >= 11 is 1.23. The summed E-state index contributed by atoms with van der Waals surface area (Å²) in [5.41, 5.74) is 1.69. The number of amides is 1. The van der Waals surface area contributed by atoms with Crippen molar-refractivity contribution < 1.29 is 9.90 Å². The summed E-state index contributed by atoms with van der Waals surface area (Å²) in [6.07, 6.45) is 0. The first-order valence-electron chi connectivity index (χ1n) is 5.23. The van der Waals surface area contributed by atoms with Crippen molar-refractivity contribution in [1.82, 2.24) is 0 Å². The highest BCUT2D eigenvalue weighted by Gasteiger charge is 2.13. The molecule has 0 fully saturated rings. The number of aliphatic hydroxyl groups excluding tert-OH is 1. The van der Waals surface area contributed by atoms with Crippen LogP contribution in [-0.4, -0.2) is 11.0 Å². The molecule has 4 nitrogen and oxygen atoms in total.